The third-order valence-corrected chi connectivity index (χ3v) is 3.80. The summed E-state index contributed by atoms with van der Waals surface area (Å²) in [6, 6.07) is 10.7. The molecule has 0 atom stereocenters. The first kappa shape index (κ1) is 19.4. The van der Waals surface area contributed by atoms with Gasteiger partial charge in [-0.2, -0.15) is 0 Å². The average molecular weight is 359 g/mol. The van der Waals surface area contributed by atoms with Crippen molar-refractivity contribution in [1.29, 1.82) is 0 Å². The summed E-state index contributed by atoms with van der Waals surface area (Å²) < 4.78 is 21.4. The van der Waals surface area contributed by atoms with E-state index in [0.717, 1.165) is 12.0 Å². The highest BCUT2D eigenvalue weighted by Crippen LogP contribution is 2.28. The van der Waals surface area contributed by atoms with Gasteiger partial charge in [0, 0.05) is 12.6 Å². The minimum absolute atomic E-state index is 0.227. The Morgan fingerprint density at radius 1 is 0.923 bits per heavy atom. The Bertz CT molecular complexity index is 745. The molecule has 0 saturated carbocycles. The Labute approximate surface area is 154 Å². The lowest BCUT2D eigenvalue weighted by Gasteiger charge is -2.13. The Balaban J connectivity index is 2.07. The van der Waals surface area contributed by atoms with Crippen molar-refractivity contribution in [3.63, 3.8) is 0 Å². The minimum Gasteiger partial charge on any atom is -0.497 e. The second kappa shape index (κ2) is 9.56. The molecule has 0 heterocycles. The molecule has 2 aromatic rings. The number of methoxy groups -OCH3 is 3. The van der Waals surface area contributed by atoms with E-state index in [4.69, 9.17) is 18.9 Å². The van der Waals surface area contributed by atoms with Crippen LogP contribution in [-0.2, 0) is 6.54 Å². The van der Waals surface area contributed by atoms with Crippen LogP contribution in [-0.4, -0.2) is 33.8 Å². The molecule has 0 saturated heterocycles. The molecule has 0 bridgehead atoms. The lowest BCUT2D eigenvalue weighted by molar-refractivity contribution is 0.0948. The van der Waals surface area contributed by atoms with Crippen LogP contribution < -0.4 is 24.3 Å². The average Bonchev–Trinajstić information content (AvgIpc) is 2.69. The van der Waals surface area contributed by atoms with E-state index < -0.39 is 0 Å². The minimum atomic E-state index is -0.227. The molecule has 0 radical (unpaired) electrons. The van der Waals surface area contributed by atoms with E-state index >= 15 is 0 Å². The molecule has 0 aromatic heterocycles. The van der Waals surface area contributed by atoms with Crippen LogP contribution in [0.4, 0.5) is 0 Å². The highest BCUT2D eigenvalue weighted by Gasteiger charge is 2.13. The van der Waals surface area contributed by atoms with E-state index in [2.05, 4.69) is 5.32 Å². The monoisotopic (exact) mass is 359 g/mol. The number of benzene rings is 2. The summed E-state index contributed by atoms with van der Waals surface area (Å²) >= 11 is 0. The van der Waals surface area contributed by atoms with Gasteiger partial charge in [-0.25, -0.2) is 0 Å². The van der Waals surface area contributed by atoms with Crippen LogP contribution in [0.15, 0.2) is 36.4 Å². The first-order chi connectivity index (χ1) is 12.6. The fraction of sp³-hybridized carbons (Fsp3) is 0.350. The summed E-state index contributed by atoms with van der Waals surface area (Å²) in [5.74, 6) is 2.21. The van der Waals surface area contributed by atoms with Gasteiger partial charge < -0.3 is 24.3 Å². The molecule has 0 unspecified atom stereocenters. The number of hydrogen-bond donors (Lipinski definition) is 1. The maximum atomic E-state index is 12.5. The van der Waals surface area contributed by atoms with Gasteiger partial charge in [0.25, 0.3) is 5.91 Å². The fourth-order valence-corrected chi connectivity index (χ4v) is 2.42. The predicted molar refractivity (Wildman–Crippen MR) is 99.5 cm³/mol. The van der Waals surface area contributed by atoms with Gasteiger partial charge in [0.2, 0.25) is 0 Å². The molecule has 2 rings (SSSR count). The normalized spacial score (nSPS) is 10.2. The maximum absolute atomic E-state index is 12.5. The Kier molecular flexibility index (Phi) is 7.14. The maximum Gasteiger partial charge on any atom is 0.255 e. The summed E-state index contributed by atoms with van der Waals surface area (Å²) in [7, 11) is 4.68. The molecule has 2 aromatic carbocycles. The van der Waals surface area contributed by atoms with E-state index in [1.807, 2.05) is 25.1 Å². The number of rotatable bonds is 9. The van der Waals surface area contributed by atoms with E-state index in [1.165, 1.54) is 7.11 Å². The molecule has 0 aliphatic carbocycles. The van der Waals surface area contributed by atoms with Crippen molar-refractivity contribution in [1.82, 2.24) is 5.32 Å². The quantitative estimate of drug-likeness (QED) is 0.743. The first-order valence-electron chi connectivity index (χ1n) is 8.42. The second-order valence-electron chi connectivity index (χ2n) is 5.58. The summed E-state index contributed by atoms with van der Waals surface area (Å²) in [5.41, 5.74) is 1.36. The SMILES string of the molecule is CCCOc1ccc(CNC(=O)c2ccc(OC)cc2OC)cc1OC. The standard InChI is InChI=1S/C20H25NO5/c1-5-10-26-17-9-6-14(11-19(17)25-4)13-21-20(22)16-8-7-15(23-2)12-18(16)24-3/h6-9,11-12H,5,10,13H2,1-4H3,(H,21,22). The molecule has 6 nitrogen and oxygen atoms in total. The van der Waals surface area contributed by atoms with Crippen molar-refractivity contribution in [2.45, 2.75) is 19.9 Å². The molecular weight excluding hydrogens is 334 g/mol. The topological polar surface area (TPSA) is 66.0 Å². The highest BCUT2D eigenvalue weighted by molar-refractivity contribution is 5.97. The van der Waals surface area contributed by atoms with Crippen LogP contribution in [0.1, 0.15) is 29.3 Å². The van der Waals surface area contributed by atoms with Gasteiger partial charge in [0.05, 0.1) is 33.5 Å². The zero-order chi connectivity index (χ0) is 18.9. The molecule has 140 valence electrons. The van der Waals surface area contributed by atoms with Crippen LogP contribution in [0.2, 0.25) is 0 Å². The van der Waals surface area contributed by atoms with E-state index in [-0.39, 0.29) is 5.91 Å². The van der Waals surface area contributed by atoms with Gasteiger partial charge >= 0.3 is 0 Å². The van der Waals surface area contributed by atoms with E-state index in [0.29, 0.717) is 41.7 Å². The van der Waals surface area contributed by atoms with Crippen molar-refractivity contribution < 1.29 is 23.7 Å². The largest absolute Gasteiger partial charge is 0.497 e. The van der Waals surface area contributed by atoms with Gasteiger partial charge in [-0.15, -0.1) is 0 Å². The van der Waals surface area contributed by atoms with Gasteiger partial charge in [0.15, 0.2) is 11.5 Å². The number of amides is 1. The van der Waals surface area contributed by atoms with Crippen LogP contribution in [0.25, 0.3) is 0 Å². The molecule has 0 aliphatic rings. The summed E-state index contributed by atoms with van der Waals surface area (Å²) in [6.07, 6.45) is 0.921. The number of nitrogens with one attached hydrogen (secondary N) is 1. The van der Waals surface area contributed by atoms with Crippen LogP contribution in [0, 0.1) is 0 Å². The third-order valence-electron chi connectivity index (χ3n) is 3.80. The number of ether oxygens (including phenoxy) is 4. The zero-order valence-electron chi connectivity index (χ0n) is 15.6. The molecule has 26 heavy (non-hydrogen) atoms. The van der Waals surface area contributed by atoms with Crippen LogP contribution >= 0.6 is 0 Å². The fourth-order valence-electron chi connectivity index (χ4n) is 2.42. The smallest absolute Gasteiger partial charge is 0.255 e. The molecule has 1 amide bonds. The molecule has 0 aliphatic heterocycles. The first-order valence-corrected chi connectivity index (χ1v) is 8.42. The lowest BCUT2D eigenvalue weighted by Crippen LogP contribution is -2.23. The summed E-state index contributed by atoms with van der Waals surface area (Å²) in [6.45, 7) is 3.03. The molecule has 1 N–H and O–H groups in total. The van der Waals surface area contributed by atoms with Crippen molar-refractivity contribution in [2.24, 2.45) is 0 Å². The van der Waals surface area contributed by atoms with E-state index in [1.54, 1.807) is 32.4 Å². The third kappa shape index (κ3) is 4.81. The van der Waals surface area contributed by atoms with Crippen molar-refractivity contribution >= 4 is 5.91 Å². The molecule has 0 fully saturated rings. The van der Waals surface area contributed by atoms with Crippen molar-refractivity contribution in [3.05, 3.63) is 47.5 Å². The van der Waals surface area contributed by atoms with Gasteiger partial charge in [-0.3, -0.25) is 4.79 Å². The van der Waals surface area contributed by atoms with Crippen LogP contribution in [0.3, 0.4) is 0 Å². The molecular formula is C20H25NO5. The molecule has 0 spiro atoms. The predicted octanol–water partition coefficient (Wildman–Crippen LogP) is 3.43. The Morgan fingerprint density at radius 2 is 1.69 bits per heavy atom. The highest BCUT2D eigenvalue weighted by atomic mass is 16.5. The van der Waals surface area contributed by atoms with Gasteiger partial charge in [-0.05, 0) is 36.2 Å². The van der Waals surface area contributed by atoms with E-state index in [9.17, 15) is 4.79 Å². The lowest BCUT2D eigenvalue weighted by atomic mass is 10.1. The number of carbonyl (C=O) groups is 1. The number of hydrogen-bond acceptors (Lipinski definition) is 5. The second-order valence-corrected chi connectivity index (χ2v) is 5.58. The summed E-state index contributed by atoms with van der Waals surface area (Å²) in [4.78, 5) is 12.5. The van der Waals surface area contributed by atoms with Gasteiger partial charge in [-0.1, -0.05) is 13.0 Å². The summed E-state index contributed by atoms with van der Waals surface area (Å²) in [5, 5.41) is 2.89. The molecule has 6 heteroatoms. The zero-order valence-corrected chi connectivity index (χ0v) is 15.6. The van der Waals surface area contributed by atoms with Crippen LogP contribution in [0.5, 0.6) is 23.0 Å². The van der Waals surface area contributed by atoms with Crippen molar-refractivity contribution in [2.75, 3.05) is 27.9 Å². The Morgan fingerprint density at radius 3 is 2.35 bits per heavy atom. The Hall–Kier alpha value is -2.89. The number of carbonyl (C=O) groups excluding carboxylic acids is 1. The van der Waals surface area contributed by atoms with Gasteiger partial charge in [0.1, 0.15) is 11.5 Å². The van der Waals surface area contributed by atoms with Crippen molar-refractivity contribution in [3.8, 4) is 23.0 Å².